The van der Waals surface area contributed by atoms with Crippen molar-refractivity contribution in [1.82, 2.24) is 9.91 Å². The van der Waals surface area contributed by atoms with Crippen molar-refractivity contribution in [2.24, 2.45) is 5.10 Å². The van der Waals surface area contributed by atoms with E-state index in [9.17, 15) is 4.39 Å². The van der Waals surface area contributed by atoms with Crippen molar-refractivity contribution in [3.05, 3.63) is 29.6 Å². The number of hydrazone groups is 1. The average Bonchev–Trinajstić information content (AvgIpc) is 2.43. The first-order valence-corrected chi connectivity index (χ1v) is 7.65. The lowest BCUT2D eigenvalue weighted by atomic mass is 10.1. The summed E-state index contributed by atoms with van der Waals surface area (Å²) in [6.45, 7) is 4.00. The number of thioether (sulfide) groups is 1. The van der Waals surface area contributed by atoms with Crippen LogP contribution in [0.5, 0.6) is 0 Å². The van der Waals surface area contributed by atoms with Gasteiger partial charge in [0.05, 0.1) is 10.6 Å². The van der Waals surface area contributed by atoms with Gasteiger partial charge >= 0.3 is 0 Å². The van der Waals surface area contributed by atoms with Gasteiger partial charge in [0.25, 0.3) is 0 Å². The van der Waals surface area contributed by atoms with Crippen LogP contribution in [0.1, 0.15) is 12.0 Å². The highest BCUT2D eigenvalue weighted by Gasteiger charge is 2.21. The first-order chi connectivity index (χ1) is 9.24. The van der Waals surface area contributed by atoms with Gasteiger partial charge in [0.2, 0.25) is 0 Å². The molecule has 0 aromatic heterocycles. The molecule has 3 rings (SSSR count). The molecule has 2 aliphatic rings. The van der Waals surface area contributed by atoms with Gasteiger partial charge in [-0.1, -0.05) is 12.1 Å². The summed E-state index contributed by atoms with van der Waals surface area (Å²) in [7, 11) is 2.13. The van der Waals surface area contributed by atoms with E-state index in [4.69, 9.17) is 5.10 Å². The maximum atomic E-state index is 13.8. The second-order valence-electron chi connectivity index (χ2n) is 5.02. The molecule has 3 nitrogen and oxygen atoms in total. The lowest BCUT2D eigenvalue weighted by Gasteiger charge is -2.31. The van der Waals surface area contributed by atoms with Crippen LogP contribution < -0.4 is 0 Å². The number of rotatable bonds is 1. The molecule has 1 saturated heterocycles. The van der Waals surface area contributed by atoms with Gasteiger partial charge in [-0.25, -0.2) is 4.39 Å². The van der Waals surface area contributed by atoms with Gasteiger partial charge < -0.3 is 4.90 Å². The van der Waals surface area contributed by atoms with Crippen molar-refractivity contribution in [1.29, 1.82) is 0 Å². The monoisotopic (exact) mass is 279 g/mol. The van der Waals surface area contributed by atoms with E-state index < -0.39 is 0 Å². The van der Waals surface area contributed by atoms with Crippen LogP contribution in [0.2, 0.25) is 0 Å². The molecule has 0 bridgehead atoms. The van der Waals surface area contributed by atoms with Gasteiger partial charge in [-0.2, -0.15) is 5.10 Å². The molecule has 19 heavy (non-hydrogen) atoms. The smallest absolute Gasteiger partial charge is 0.137 e. The molecule has 1 aromatic carbocycles. The van der Waals surface area contributed by atoms with Gasteiger partial charge in [-0.05, 0) is 13.1 Å². The minimum atomic E-state index is -0.117. The standard InChI is InChI=1S/C14H18FN3S/c1-17-6-8-18(9-7-17)16-13-5-10-19-14-11(13)3-2-4-12(14)15/h2-4H,5-10H2,1H3/b16-13-. The van der Waals surface area contributed by atoms with Crippen molar-refractivity contribution in [3.8, 4) is 0 Å². The summed E-state index contributed by atoms with van der Waals surface area (Å²) in [4.78, 5) is 3.07. The fraction of sp³-hybridized carbons (Fsp3) is 0.500. The van der Waals surface area contributed by atoms with Crippen molar-refractivity contribution in [2.75, 3.05) is 39.0 Å². The summed E-state index contributed by atoms with van der Waals surface area (Å²) >= 11 is 1.60. The maximum Gasteiger partial charge on any atom is 0.137 e. The summed E-state index contributed by atoms with van der Waals surface area (Å²) in [6.07, 6.45) is 0.924. The fourth-order valence-electron chi connectivity index (χ4n) is 2.44. The number of piperazine rings is 1. The third-order valence-corrected chi connectivity index (χ3v) is 4.72. The highest BCUT2D eigenvalue weighted by molar-refractivity contribution is 7.99. The van der Waals surface area contributed by atoms with Crippen molar-refractivity contribution in [2.45, 2.75) is 11.3 Å². The molecule has 0 aliphatic carbocycles. The molecular weight excluding hydrogens is 261 g/mol. The number of halogens is 1. The Kier molecular flexibility index (Phi) is 3.75. The molecule has 0 atom stereocenters. The largest absolute Gasteiger partial charge is 0.303 e. The zero-order valence-electron chi connectivity index (χ0n) is 11.1. The number of nitrogens with zero attached hydrogens (tertiary/aromatic N) is 3. The Morgan fingerprint density at radius 3 is 2.79 bits per heavy atom. The number of hydrogen-bond donors (Lipinski definition) is 0. The van der Waals surface area contributed by atoms with Gasteiger partial charge in [0.1, 0.15) is 5.82 Å². The first-order valence-electron chi connectivity index (χ1n) is 6.67. The topological polar surface area (TPSA) is 18.8 Å². The summed E-state index contributed by atoms with van der Waals surface area (Å²) < 4.78 is 13.8. The predicted octanol–water partition coefficient (Wildman–Crippen LogP) is 2.27. The van der Waals surface area contributed by atoms with E-state index >= 15 is 0 Å². The van der Waals surface area contributed by atoms with Gasteiger partial charge in [0, 0.05) is 43.9 Å². The SMILES string of the molecule is CN1CCN(/N=C2/CCSc3c(F)cccc32)CC1. The van der Waals surface area contributed by atoms with E-state index in [-0.39, 0.29) is 5.82 Å². The molecule has 2 aliphatic heterocycles. The number of likely N-dealkylation sites (N-methyl/N-ethyl adjacent to an activating group) is 1. The molecular formula is C14H18FN3S. The Labute approximate surface area is 117 Å². The minimum absolute atomic E-state index is 0.117. The van der Waals surface area contributed by atoms with Gasteiger partial charge in [-0.3, -0.25) is 5.01 Å². The molecule has 2 heterocycles. The van der Waals surface area contributed by atoms with Crippen LogP contribution >= 0.6 is 11.8 Å². The Hall–Kier alpha value is -1.07. The lowest BCUT2D eigenvalue weighted by Crippen LogP contribution is -2.42. The van der Waals surface area contributed by atoms with E-state index in [2.05, 4.69) is 17.0 Å². The van der Waals surface area contributed by atoms with E-state index in [1.165, 1.54) is 6.07 Å². The van der Waals surface area contributed by atoms with Crippen LogP contribution in [0.4, 0.5) is 4.39 Å². The van der Waals surface area contributed by atoms with Crippen molar-refractivity contribution < 1.29 is 4.39 Å². The van der Waals surface area contributed by atoms with Crippen LogP contribution in [0, 0.1) is 5.82 Å². The first kappa shape index (κ1) is 12.9. The van der Waals surface area contributed by atoms with Gasteiger partial charge in [0.15, 0.2) is 0 Å². The zero-order chi connectivity index (χ0) is 13.2. The Bertz CT molecular complexity index is 495. The molecule has 1 aromatic rings. The molecule has 0 spiro atoms. The van der Waals surface area contributed by atoms with Crippen LogP contribution in [-0.4, -0.2) is 54.6 Å². The third kappa shape index (κ3) is 2.77. The minimum Gasteiger partial charge on any atom is -0.303 e. The maximum absolute atomic E-state index is 13.8. The van der Waals surface area contributed by atoms with Gasteiger partial charge in [-0.15, -0.1) is 11.8 Å². The summed E-state index contributed by atoms with van der Waals surface area (Å²) in [5, 5.41) is 6.88. The molecule has 102 valence electrons. The number of benzene rings is 1. The van der Waals surface area contributed by atoms with Crippen LogP contribution in [0.25, 0.3) is 0 Å². The second-order valence-corrected chi connectivity index (χ2v) is 6.12. The Morgan fingerprint density at radius 1 is 1.21 bits per heavy atom. The fourth-order valence-corrected chi connectivity index (χ4v) is 3.48. The van der Waals surface area contributed by atoms with E-state index in [1.807, 2.05) is 6.07 Å². The van der Waals surface area contributed by atoms with Crippen LogP contribution in [0.3, 0.4) is 0 Å². The molecule has 0 amide bonds. The molecule has 1 fully saturated rings. The normalized spacial score (nSPS) is 22.6. The highest BCUT2D eigenvalue weighted by atomic mass is 32.2. The summed E-state index contributed by atoms with van der Waals surface area (Å²) in [5.74, 6) is 0.800. The molecule has 0 saturated carbocycles. The zero-order valence-corrected chi connectivity index (χ0v) is 11.9. The second kappa shape index (κ2) is 5.51. The van der Waals surface area contributed by atoms with Crippen LogP contribution in [0.15, 0.2) is 28.2 Å². The number of fused-ring (bicyclic) bond motifs is 1. The molecule has 0 N–H and O–H groups in total. The Morgan fingerprint density at radius 2 is 2.00 bits per heavy atom. The predicted molar refractivity (Wildman–Crippen MR) is 77.3 cm³/mol. The number of hydrogen-bond acceptors (Lipinski definition) is 4. The molecule has 0 unspecified atom stereocenters. The quantitative estimate of drug-likeness (QED) is 0.786. The van der Waals surface area contributed by atoms with E-state index in [0.29, 0.717) is 0 Å². The van der Waals surface area contributed by atoms with E-state index in [0.717, 1.165) is 54.5 Å². The lowest BCUT2D eigenvalue weighted by molar-refractivity contribution is 0.159. The van der Waals surface area contributed by atoms with E-state index in [1.54, 1.807) is 17.8 Å². The third-order valence-electron chi connectivity index (χ3n) is 3.60. The molecule has 0 radical (unpaired) electrons. The average molecular weight is 279 g/mol. The van der Waals surface area contributed by atoms with Crippen molar-refractivity contribution >= 4 is 17.5 Å². The van der Waals surface area contributed by atoms with Crippen molar-refractivity contribution in [3.63, 3.8) is 0 Å². The Balaban J connectivity index is 1.85. The highest BCUT2D eigenvalue weighted by Crippen LogP contribution is 2.32. The van der Waals surface area contributed by atoms with Crippen LogP contribution in [-0.2, 0) is 0 Å². The summed E-state index contributed by atoms with van der Waals surface area (Å²) in [5.41, 5.74) is 2.02. The summed E-state index contributed by atoms with van der Waals surface area (Å²) in [6, 6.07) is 5.30. The molecule has 5 heteroatoms.